The largest absolute Gasteiger partial charge is 0.486 e. The van der Waals surface area contributed by atoms with E-state index in [2.05, 4.69) is 111 Å². The smallest absolute Gasteiger partial charge is 0.216 e. The van der Waals surface area contributed by atoms with Gasteiger partial charge in [-0.05, 0) is 72.3 Å². The zero-order valence-corrected chi connectivity index (χ0v) is 32.8. The van der Waals surface area contributed by atoms with Gasteiger partial charge in [0.25, 0.3) is 0 Å². The second-order valence-electron chi connectivity index (χ2n) is 15.3. The van der Waals surface area contributed by atoms with Crippen LogP contribution in [0.3, 0.4) is 0 Å². The molecule has 4 nitrogen and oxygen atoms in total. The summed E-state index contributed by atoms with van der Waals surface area (Å²) in [6.45, 7) is 16.0. The summed E-state index contributed by atoms with van der Waals surface area (Å²) in [5.74, 6) is 0.737. The van der Waals surface area contributed by atoms with Crippen molar-refractivity contribution in [3.63, 3.8) is 0 Å². The maximum absolute atomic E-state index is 5.85. The summed E-state index contributed by atoms with van der Waals surface area (Å²) in [5.41, 5.74) is 9.68. The molecule has 6 heteroatoms. The van der Waals surface area contributed by atoms with Crippen LogP contribution in [-0.4, -0.2) is 23.0 Å². The molecule has 1 aliphatic carbocycles. The SMILES string of the molecule is C[Si](C)(C)c1cnc(-c2[c-]cccc2)cc1C1CCCCC1.Cc1ccc2c(n1)oc1c[c-]c(-c3cc(CC(C)(C)C)ccn3)cc12.[Ir]. The summed E-state index contributed by atoms with van der Waals surface area (Å²) < 4.78 is 5.85. The molecule has 0 spiro atoms. The van der Waals surface area contributed by atoms with E-state index < -0.39 is 8.07 Å². The monoisotopic (exact) mass is 830 g/mol. The molecular weight excluding hydrogens is 783 g/mol. The minimum Gasteiger partial charge on any atom is -0.486 e. The Balaban J connectivity index is 0.000000186. The molecule has 0 N–H and O–H groups in total. The average molecular weight is 830 g/mol. The van der Waals surface area contributed by atoms with E-state index in [-0.39, 0.29) is 25.5 Å². The van der Waals surface area contributed by atoms with Gasteiger partial charge >= 0.3 is 0 Å². The minimum atomic E-state index is -1.36. The molecule has 1 fully saturated rings. The fraction of sp³-hybridized carbons (Fsp3) is 0.357. The number of nitrogens with zero attached hydrogens (tertiary/aromatic N) is 3. The van der Waals surface area contributed by atoms with Gasteiger partial charge < -0.3 is 14.4 Å². The Morgan fingerprint density at radius 3 is 2.33 bits per heavy atom. The van der Waals surface area contributed by atoms with Crippen molar-refractivity contribution in [1.29, 1.82) is 0 Å². The van der Waals surface area contributed by atoms with Gasteiger partial charge in [-0.25, -0.2) is 4.98 Å². The second-order valence-corrected chi connectivity index (χ2v) is 20.4. The predicted molar refractivity (Wildman–Crippen MR) is 199 cm³/mol. The van der Waals surface area contributed by atoms with Crippen LogP contribution < -0.4 is 5.19 Å². The van der Waals surface area contributed by atoms with Crippen LogP contribution in [0.25, 0.3) is 44.6 Å². The summed E-state index contributed by atoms with van der Waals surface area (Å²) in [5, 5.41) is 3.64. The van der Waals surface area contributed by atoms with Crippen LogP contribution in [0.15, 0.2) is 83.5 Å². The summed E-state index contributed by atoms with van der Waals surface area (Å²) in [6.07, 6.45) is 11.9. The van der Waals surface area contributed by atoms with Crippen LogP contribution in [0.2, 0.25) is 19.6 Å². The van der Waals surface area contributed by atoms with Gasteiger partial charge in [0.15, 0.2) is 0 Å². The standard InChI is InChI=1S/C22H21N2O.C20H26NSi.Ir/c1-14-5-7-17-18-12-16(6-8-20(18)25-21(17)24-14)19-11-15(9-10-23-19)13-22(2,3)4;1-22(2,3)20-15-21-19(17-12-8-5-9-13-17)14-18(20)16-10-6-4-7-11-16;/h5,7-12H,13H2,1-4H3;5,8-9,12,14-16H,4,6-7,10-11H2,1-3H3;/q2*-1;. The number of aromatic nitrogens is 3. The molecular formula is C42H47IrN3OSi-2. The van der Waals surface area contributed by atoms with Gasteiger partial charge in [-0.3, -0.25) is 0 Å². The number of hydrogen-bond acceptors (Lipinski definition) is 4. The fourth-order valence-corrected chi connectivity index (χ4v) is 8.33. The van der Waals surface area contributed by atoms with Crippen LogP contribution in [0.5, 0.6) is 0 Å². The molecule has 2 aromatic carbocycles. The van der Waals surface area contributed by atoms with Crippen molar-refractivity contribution in [1.82, 2.24) is 15.0 Å². The molecule has 7 rings (SSSR count). The number of hydrogen-bond donors (Lipinski definition) is 0. The summed E-state index contributed by atoms with van der Waals surface area (Å²) in [6, 6.07) is 29.5. The van der Waals surface area contributed by atoms with Gasteiger partial charge in [0.05, 0.1) is 13.7 Å². The number of furan rings is 1. The molecule has 0 unspecified atom stereocenters. The van der Waals surface area contributed by atoms with Crippen LogP contribution in [0.1, 0.15) is 75.6 Å². The Labute approximate surface area is 301 Å². The molecule has 0 bridgehead atoms. The minimum absolute atomic E-state index is 0. The van der Waals surface area contributed by atoms with Crippen molar-refractivity contribution in [2.75, 3.05) is 0 Å². The number of pyridine rings is 3. The predicted octanol–water partition coefficient (Wildman–Crippen LogP) is 10.9. The first kappa shape index (κ1) is 35.9. The van der Waals surface area contributed by atoms with E-state index in [0.29, 0.717) is 5.71 Å². The van der Waals surface area contributed by atoms with Gasteiger partial charge in [-0.1, -0.05) is 88.3 Å². The first-order chi connectivity index (χ1) is 22.4. The molecule has 0 aliphatic heterocycles. The third-order valence-corrected chi connectivity index (χ3v) is 11.1. The number of aryl methyl sites for hydroxylation is 1. The normalized spacial score (nSPS) is 14.0. The summed E-state index contributed by atoms with van der Waals surface area (Å²) in [4.78, 5) is 13.8. The van der Waals surface area contributed by atoms with Gasteiger partial charge in [0.1, 0.15) is 0 Å². The van der Waals surface area contributed by atoms with Gasteiger partial charge in [0, 0.05) is 43.6 Å². The third-order valence-electron chi connectivity index (χ3n) is 9.02. The Hall–Kier alpha value is -3.44. The molecule has 6 aromatic rings. The number of fused-ring (bicyclic) bond motifs is 3. The van der Waals surface area contributed by atoms with Crippen LogP contribution in [0, 0.1) is 24.5 Å². The van der Waals surface area contributed by atoms with E-state index in [4.69, 9.17) is 9.40 Å². The average Bonchev–Trinajstić information content (AvgIpc) is 3.41. The first-order valence-corrected chi connectivity index (χ1v) is 20.6. The van der Waals surface area contributed by atoms with Crippen molar-refractivity contribution >= 4 is 35.3 Å². The molecule has 1 saturated carbocycles. The molecule has 0 atom stereocenters. The van der Waals surface area contributed by atoms with E-state index in [0.717, 1.165) is 56.9 Å². The van der Waals surface area contributed by atoms with Crippen molar-refractivity contribution in [2.24, 2.45) is 5.41 Å². The van der Waals surface area contributed by atoms with Gasteiger partial charge in [-0.2, -0.15) is 0 Å². The van der Waals surface area contributed by atoms with Crippen molar-refractivity contribution in [3.8, 4) is 22.5 Å². The van der Waals surface area contributed by atoms with Gasteiger partial charge in [-0.15, -0.1) is 59.7 Å². The van der Waals surface area contributed by atoms with E-state index in [1.165, 1.54) is 37.7 Å². The molecule has 48 heavy (non-hydrogen) atoms. The molecule has 0 amide bonds. The molecule has 251 valence electrons. The van der Waals surface area contributed by atoms with Crippen molar-refractivity contribution in [2.45, 2.75) is 91.8 Å². The number of benzene rings is 2. The molecule has 1 aliphatic rings. The van der Waals surface area contributed by atoms with Crippen LogP contribution in [0.4, 0.5) is 0 Å². The third kappa shape index (κ3) is 8.58. The topological polar surface area (TPSA) is 51.8 Å². The number of rotatable bonds is 5. The molecule has 4 aromatic heterocycles. The fourth-order valence-electron chi connectivity index (χ4n) is 6.73. The maximum atomic E-state index is 5.85. The van der Waals surface area contributed by atoms with E-state index >= 15 is 0 Å². The molecule has 1 radical (unpaired) electrons. The van der Waals surface area contributed by atoms with Crippen LogP contribution >= 0.6 is 0 Å². The Morgan fingerprint density at radius 2 is 1.62 bits per heavy atom. The molecule has 0 saturated heterocycles. The van der Waals surface area contributed by atoms with E-state index in [1.54, 1.807) is 10.8 Å². The second kappa shape index (κ2) is 15.0. The quantitative estimate of drug-likeness (QED) is 0.128. The zero-order chi connectivity index (χ0) is 33.2. The van der Waals surface area contributed by atoms with Crippen LogP contribution in [-0.2, 0) is 26.5 Å². The zero-order valence-electron chi connectivity index (χ0n) is 29.4. The Kier molecular flexibility index (Phi) is 11.2. The first-order valence-electron chi connectivity index (χ1n) is 17.1. The Bertz CT molecular complexity index is 1980. The summed E-state index contributed by atoms with van der Waals surface area (Å²) >= 11 is 0. The molecule has 4 heterocycles. The summed E-state index contributed by atoms with van der Waals surface area (Å²) in [7, 11) is -1.36. The van der Waals surface area contributed by atoms with E-state index in [9.17, 15) is 0 Å². The maximum Gasteiger partial charge on any atom is 0.216 e. The van der Waals surface area contributed by atoms with E-state index in [1.807, 2.05) is 37.4 Å². The van der Waals surface area contributed by atoms with Crippen molar-refractivity contribution in [3.05, 3.63) is 108 Å². The Morgan fingerprint density at radius 1 is 0.854 bits per heavy atom. The van der Waals surface area contributed by atoms with Gasteiger partial charge in [0.2, 0.25) is 5.71 Å². The van der Waals surface area contributed by atoms with Crippen molar-refractivity contribution < 1.29 is 24.5 Å².